The molecule has 3 N–H and O–H groups in total. The Bertz CT molecular complexity index is 417. The van der Waals surface area contributed by atoms with Gasteiger partial charge in [-0.2, -0.15) is 13.2 Å². The van der Waals surface area contributed by atoms with Crippen molar-refractivity contribution >= 4 is 0 Å². The molecule has 1 atom stereocenters. The second kappa shape index (κ2) is 6.14. The Hall–Kier alpha value is -1.07. The molecule has 0 aliphatic heterocycles. The molecule has 0 saturated carbocycles. The van der Waals surface area contributed by atoms with Crippen molar-refractivity contribution in [2.45, 2.75) is 51.3 Å². The lowest BCUT2D eigenvalue weighted by Gasteiger charge is -2.23. The smallest absolute Gasteiger partial charge is 0.388 e. The van der Waals surface area contributed by atoms with Crippen molar-refractivity contribution in [2.24, 2.45) is 5.73 Å². The lowest BCUT2D eigenvalue weighted by Crippen LogP contribution is -2.16. The molecule has 5 heteroatoms. The maximum Gasteiger partial charge on any atom is 0.416 e. The summed E-state index contributed by atoms with van der Waals surface area (Å²) in [6.45, 7) is 5.94. The van der Waals surface area contributed by atoms with Gasteiger partial charge in [0.15, 0.2) is 0 Å². The summed E-state index contributed by atoms with van der Waals surface area (Å²) in [5.41, 5.74) is 5.10. The molecular formula is C15H22F3NO. The van der Waals surface area contributed by atoms with Gasteiger partial charge in [0.05, 0.1) is 11.7 Å². The van der Waals surface area contributed by atoms with Crippen molar-refractivity contribution in [3.8, 4) is 0 Å². The molecule has 1 aromatic rings. The standard InChI is InChI=1S/C15H22F3NO/c1-14(2,3)11-7-10(13(20)5-4-6-19)8-12(9-11)15(16,17)18/h7-9,13,20H,4-6,19H2,1-3H3. The van der Waals surface area contributed by atoms with Gasteiger partial charge in [-0.15, -0.1) is 0 Å². The van der Waals surface area contributed by atoms with Gasteiger partial charge < -0.3 is 10.8 Å². The van der Waals surface area contributed by atoms with E-state index in [0.717, 1.165) is 12.1 Å². The quantitative estimate of drug-likeness (QED) is 0.886. The third-order valence-electron chi connectivity index (χ3n) is 3.22. The number of hydrogen-bond donors (Lipinski definition) is 2. The van der Waals surface area contributed by atoms with Crippen LogP contribution in [0.5, 0.6) is 0 Å². The van der Waals surface area contributed by atoms with Crippen molar-refractivity contribution in [1.82, 2.24) is 0 Å². The van der Waals surface area contributed by atoms with E-state index in [1.54, 1.807) is 6.07 Å². The summed E-state index contributed by atoms with van der Waals surface area (Å²) in [6.07, 6.45) is -4.39. The first-order valence-electron chi connectivity index (χ1n) is 6.66. The maximum absolute atomic E-state index is 12.9. The van der Waals surface area contributed by atoms with Gasteiger partial charge >= 0.3 is 6.18 Å². The molecule has 0 bridgehead atoms. The highest BCUT2D eigenvalue weighted by Gasteiger charge is 2.32. The molecule has 0 aliphatic rings. The van der Waals surface area contributed by atoms with Crippen LogP contribution in [0.1, 0.15) is 56.4 Å². The number of alkyl halides is 3. The van der Waals surface area contributed by atoms with E-state index in [4.69, 9.17) is 5.73 Å². The van der Waals surface area contributed by atoms with E-state index in [0.29, 0.717) is 30.5 Å². The minimum atomic E-state index is -4.41. The van der Waals surface area contributed by atoms with Crippen LogP contribution in [0.4, 0.5) is 13.2 Å². The summed E-state index contributed by atoms with van der Waals surface area (Å²) in [4.78, 5) is 0. The molecule has 20 heavy (non-hydrogen) atoms. The molecule has 0 fully saturated rings. The monoisotopic (exact) mass is 289 g/mol. The van der Waals surface area contributed by atoms with Crippen LogP contribution < -0.4 is 5.73 Å². The fourth-order valence-electron chi connectivity index (χ4n) is 1.92. The Morgan fingerprint density at radius 1 is 1.10 bits per heavy atom. The van der Waals surface area contributed by atoms with Crippen LogP contribution in [0, 0.1) is 0 Å². The van der Waals surface area contributed by atoms with Gasteiger partial charge in [-0.1, -0.05) is 26.8 Å². The molecule has 114 valence electrons. The van der Waals surface area contributed by atoms with Gasteiger partial charge in [-0.05, 0) is 48.1 Å². The molecule has 0 heterocycles. The predicted octanol–water partition coefficient (Wildman–Crippen LogP) is 3.78. The van der Waals surface area contributed by atoms with E-state index < -0.39 is 23.3 Å². The van der Waals surface area contributed by atoms with Crippen molar-refractivity contribution in [2.75, 3.05) is 6.54 Å². The van der Waals surface area contributed by atoms with E-state index in [1.165, 1.54) is 0 Å². The Morgan fingerprint density at radius 2 is 1.65 bits per heavy atom. The molecule has 0 saturated heterocycles. The highest BCUT2D eigenvalue weighted by molar-refractivity contribution is 5.36. The summed E-state index contributed by atoms with van der Waals surface area (Å²) in [6, 6.07) is 3.83. The van der Waals surface area contributed by atoms with E-state index in [-0.39, 0.29) is 0 Å². The SMILES string of the molecule is CC(C)(C)c1cc(C(O)CCCN)cc(C(F)(F)F)c1. The van der Waals surface area contributed by atoms with E-state index in [1.807, 2.05) is 20.8 Å². The molecule has 0 aliphatic carbocycles. The fraction of sp³-hybridized carbons (Fsp3) is 0.600. The zero-order valence-electron chi connectivity index (χ0n) is 12.1. The second-order valence-electron chi connectivity index (χ2n) is 6.04. The van der Waals surface area contributed by atoms with Gasteiger partial charge in [-0.3, -0.25) is 0 Å². The minimum Gasteiger partial charge on any atom is -0.388 e. The molecule has 1 rings (SSSR count). The molecule has 0 radical (unpaired) electrons. The number of aliphatic hydroxyl groups is 1. The largest absolute Gasteiger partial charge is 0.416 e. The third-order valence-corrected chi connectivity index (χ3v) is 3.22. The van der Waals surface area contributed by atoms with Gasteiger partial charge in [0.25, 0.3) is 0 Å². The fourth-order valence-corrected chi connectivity index (χ4v) is 1.92. The van der Waals surface area contributed by atoms with Crippen LogP contribution in [0.15, 0.2) is 18.2 Å². The third kappa shape index (κ3) is 4.49. The van der Waals surface area contributed by atoms with Crippen LogP contribution in [-0.4, -0.2) is 11.7 Å². The van der Waals surface area contributed by atoms with Crippen LogP contribution in [-0.2, 0) is 11.6 Å². The molecule has 1 aromatic carbocycles. The van der Waals surface area contributed by atoms with E-state index in [2.05, 4.69) is 0 Å². The first-order chi connectivity index (χ1) is 9.05. The normalized spacial score (nSPS) is 14.4. The minimum absolute atomic E-state index is 0.304. The van der Waals surface area contributed by atoms with Gasteiger partial charge in [-0.25, -0.2) is 0 Å². The van der Waals surface area contributed by atoms with Crippen LogP contribution in [0.25, 0.3) is 0 Å². The molecule has 2 nitrogen and oxygen atoms in total. The van der Waals surface area contributed by atoms with E-state index >= 15 is 0 Å². The first kappa shape index (κ1) is 17.0. The van der Waals surface area contributed by atoms with Crippen LogP contribution in [0.2, 0.25) is 0 Å². The van der Waals surface area contributed by atoms with Gasteiger partial charge in [0.2, 0.25) is 0 Å². The maximum atomic E-state index is 12.9. The highest BCUT2D eigenvalue weighted by atomic mass is 19.4. The first-order valence-corrected chi connectivity index (χ1v) is 6.66. The lowest BCUT2D eigenvalue weighted by atomic mass is 9.84. The summed E-state index contributed by atoms with van der Waals surface area (Å²) in [5.74, 6) is 0. The van der Waals surface area contributed by atoms with Crippen LogP contribution in [0.3, 0.4) is 0 Å². The van der Waals surface area contributed by atoms with Crippen molar-refractivity contribution in [1.29, 1.82) is 0 Å². The highest BCUT2D eigenvalue weighted by Crippen LogP contribution is 2.35. The molecule has 0 aromatic heterocycles. The Labute approximate surface area is 117 Å². The van der Waals surface area contributed by atoms with Gasteiger partial charge in [0.1, 0.15) is 0 Å². The van der Waals surface area contributed by atoms with Crippen molar-refractivity contribution in [3.63, 3.8) is 0 Å². The Kier molecular flexibility index (Phi) is 5.21. The average molecular weight is 289 g/mol. The van der Waals surface area contributed by atoms with Crippen molar-refractivity contribution < 1.29 is 18.3 Å². The number of aliphatic hydroxyl groups excluding tert-OH is 1. The second-order valence-corrected chi connectivity index (χ2v) is 6.04. The zero-order chi connectivity index (χ0) is 15.6. The molecule has 1 unspecified atom stereocenters. The van der Waals surface area contributed by atoms with Crippen molar-refractivity contribution in [3.05, 3.63) is 34.9 Å². The average Bonchev–Trinajstić information content (AvgIpc) is 2.33. The summed E-state index contributed by atoms with van der Waals surface area (Å²) < 4.78 is 38.8. The summed E-state index contributed by atoms with van der Waals surface area (Å²) >= 11 is 0. The molecular weight excluding hydrogens is 267 g/mol. The molecule has 0 amide bonds. The van der Waals surface area contributed by atoms with Gasteiger partial charge in [0, 0.05) is 0 Å². The lowest BCUT2D eigenvalue weighted by molar-refractivity contribution is -0.137. The number of nitrogens with two attached hydrogens (primary N) is 1. The number of rotatable bonds is 4. The summed E-state index contributed by atoms with van der Waals surface area (Å²) in [7, 11) is 0. The number of hydrogen-bond acceptors (Lipinski definition) is 2. The molecule has 0 spiro atoms. The topological polar surface area (TPSA) is 46.2 Å². The number of benzene rings is 1. The zero-order valence-corrected chi connectivity index (χ0v) is 12.1. The van der Waals surface area contributed by atoms with E-state index in [9.17, 15) is 18.3 Å². The van der Waals surface area contributed by atoms with Crippen LogP contribution >= 0.6 is 0 Å². The number of halogens is 3. The Morgan fingerprint density at radius 3 is 2.10 bits per heavy atom. The summed E-state index contributed by atoms with van der Waals surface area (Å²) in [5, 5.41) is 10.0. The Balaban J connectivity index is 3.24. The predicted molar refractivity (Wildman–Crippen MR) is 73.4 cm³/mol.